The summed E-state index contributed by atoms with van der Waals surface area (Å²) in [6.07, 6.45) is 5.98. The molecule has 0 bridgehead atoms. The monoisotopic (exact) mass is 221 g/mol. The minimum absolute atomic E-state index is 0.831. The van der Waals surface area contributed by atoms with Gasteiger partial charge in [0.25, 0.3) is 0 Å². The van der Waals surface area contributed by atoms with Crippen molar-refractivity contribution in [3.8, 4) is 0 Å². The molecule has 4 heteroatoms. The van der Waals surface area contributed by atoms with Crippen molar-refractivity contribution in [2.45, 2.75) is 19.4 Å². The van der Waals surface area contributed by atoms with Gasteiger partial charge in [-0.25, -0.2) is 4.98 Å². The number of aromatic nitrogens is 2. The van der Waals surface area contributed by atoms with E-state index in [2.05, 4.69) is 32.8 Å². The molecule has 0 saturated carbocycles. The van der Waals surface area contributed by atoms with Crippen molar-refractivity contribution in [1.29, 1.82) is 0 Å². The van der Waals surface area contributed by atoms with Gasteiger partial charge < -0.3 is 10.3 Å². The molecule has 0 unspecified atom stereocenters. The number of aromatic amines is 1. The molecule has 0 amide bonds. The molecular formula is C11H15N3S. The number of imidazole rings is 1. The van der Waals surface area contributed by atoms with Gasteiger partial charge in [-0.3, -0.25) is 0 Å². The molecular weight excluding hydrogens is 206 g/mol. The molecule has 3 nitrogen and oxygen atoms in total. The van der Waals surface area contributed by atoms with Crippen molar-refractivity contribution in [3.05, 3.63) is 40.6 Å². The molecule has 0 aromatic carbocycles. The largest absolute Gasteiger partial charge is 0.348 e. The first kappa shape index (κ1) is 10.4. The van der Waals surface area contributed by atoms with E-state index < -0.39 is 0 Å². The molecule has 0 fully saturated rings. The number of nitrogens with one attached hydrogen (secondary N) is 2. The maximum Gasteiger partial charge on any atom is 0.120 e. The fourth-order valence-electron chi connectivity index (χ4n) is 1.44. The van der Waals surface area contributed by atoms with Gasteiger partial charge in [-0.2, -0.15) is 0 Å². The molecule has 0 aliphatic carbocycles. The van der Waals surface area contributed by atoms with Gasteiger partial charge in [0.05, 0.1) is 6.54 Å². The number of nitrogens with zero attached hydrogens (tertiary/aromatic N) is 1. The molecule has 0 spiro atoms. The fraction of sp³-hybridized carbons (Fsp3) is 0.364. The predicted molar refractivity (Wildman–Crippen MR) is 62.9 cm³/mol. The Morgan fingerprint density at radius 3 is 3.20 bits per heavy atom. The van der Waals surface area contributed by atoms with Gasteiger partial charge in [0, 0.05) is 17.3 Å². The number of hydrogen-bond donors (Lipinski definition) is 2. The van der Waals surface area contributed by atoms with E-state index in [0.29, 0.717) is 0 Å². The fourth-order valence-corrected chi connectivity index (χ4v) is 2.20. The van der Waals surface area contributed by atoms with Gasteiger partial charge in [-0.15, -0.1) is 11.3 Å². The predicted octanol–water partition coefficient (Wildman–Crippen LogP) is 2.19. The van der Waals surface area contributed by atoms with E-state index >= 15 is 0 Å². The van der Waals surface area contributed by atoms with Gasteiger partial charge in [0.2, 0.25) is 0 Å². The summed E-state index contributed by atoms with van der Waals surface area (Å²) >= 11 is 1.83. The minimum Gasteiger partial charge on any atom is -0.348 e. The first-order valence-corrected chi connectivity index (χ1v) is 6.04. The van der Waals surface area contributed by atoms with Crippen LogP contribution in [0.1, 0.15) is 17.1 Å². The highest BCUT2D eigenvalue weighted by Crippen LogP contribution is 2.10. The van der Waals surface area contributed by atoms with Crippen LogP contribution >= 0.6 is 11.3 Å². The number of H-pyrrole nitrogens is 1. The molecule has 0 aliphatic heterocycles. The summed E-state index contributed by atoms with van der Waals surface area (Å²) in [7, 11) is 0. The number of thiophene rings is 1. The maximum atomic E-state index is 4.15. The van der Waals surface area contributed by atoms with Crippen LogP contribution in [-0.2, 0) is 13.0 Å². The van der Waals surface area contributed by atoms with Crippen LogP contribution in [0.5, 0.6) is 0 Å². The Bertz CT molecular complexity index is 317. The summed E-state index contributed by atoms with van der Waals surface area (Å²) in [5.41, 5.74) is 0. The van der Waals surface area contributed by atoms with E-state index in [9.17, 15) is 0 Å². The molecule has 0 saturated heterocycles. The zero-order valence-corrected chi connectivity index (χ0v) is 9.39. The molecule has 2 N–H and O–H groups in total. The third-order valence-corrected chi connectivity index (χ3v) is 3.14. The molecule has 15 heavy (non-hydrogen) atoms. The van der Waals surface area contributed by atoms with Crippen LogP contribution in [0.3, 0.4) is 0 Å². The molecule has 80 valence electrons. The Labute approximate surface area is 93.6 Å². The molecule has 0 radical (unpaired) electrons. The Balaban J connectivity index is 1.56. The lowest BCUT2D eigenvalue weighted by molar-refractivity contribution is 0.635. The number of hydrogen-bond acceptors (Lipinski definition) is 3. The lowest BCUT2D eigenvalue weighted by atomic mass is 10.2. The molecule has 0 atom stereocenters. The highest BCUT2D eigenvalue weighted by Gasteiger charge is 1.95. The van der Waals surface area contributed by atoms with Crippen molar-refractivity contribution < 1.29 is 0 Å². The summed E-state index contributed by atoms with van der Waals surface area (Å²) in [6, 6.07) is 4.30. The van der Waals surface area contributed by atoms with Crippen LogP contribution in [0.4, 0.5) is 0 Å². The summed E-state index contributed by atoms with van der Waals surface area (Å²) in [4.78, 5) is 8.69. The Kier molecular flexibility index (Phi) is 3.93. The quantitative estimate of drug-likeness (QED) is 0.734. The zero-order valence-electron chi connectivity index (χ0n) is 8.57. The van der Waals surface area contributed by atoms with E-state index in [1.807, 2.05) is 17.5 Å². The second-order valence-corrected chi connectivity index (χ2v) is 4.43. The standard InChI is InChI=1S/C11H15N3S/c1(3-10-4-2-8-15-10)5-12-9-11-13-6-7-14-11/h2,4,6-8,12H,1,3,5,9H2,(H,13,14). The van der Waals surface area contributed by atoms with Crippen LogP contribution in [0.25, 0.3) is 0 Å². The topological polar surface area (TPSA) is 40.7 Å². The summed E-state index contributed by atoms with van der Waals surface area (Å²) in [5.74, 6) is 1.01. The van der Waals surface area contributed by atoms with Crippen LogP contribution < -0.4 is 5.32 Å². The van der Waals surface area contributed by atoms with Crippen molar-refractivity contribution in [1.82, 2.24) is 15.3 Å². The Morgan fingerprint density at radius 1 is 1.47 bits per heavy atom. The van der Waals surface area contributed by atoms with E-state index in [4.69, 9.17) is 0 Å². The van der Waals surface area contributed by atoms with Crippen LogP contribution in [0.2, 0.25) is 0 Å². The average molecular weight is 221 g/mol. The summed E-state index contributed by atoms with van der Waals surface area (Å²) in [5, 5.41) is 5.49. The molecule has 2 aromatic rings. The highest BCUT2D eigenvalue weighted by atomic mass is 32.1. The second kappa shape index (κ2) is 5.68. The van der Waals surface area contributed by atoms with E-state index in [-0.39, 0.29) is 0 Å². The molecule has 2 aromatic heterocycles. The lowest BCUT2D eigenvalue weighted by Crippen LogP contribution is -2.16. The van der Waals surface area contributed by atoms with Crippen molar-refractivity contribution in [3.63, 3.8) is 0 Å². The second-order valence-electron chi connectivity index (χ2n) is 3.40. The van der Waals surface area contributed by atoms with Crippen molar-refractivity contribution in [2.75, 3.05) is 6.54 Å². The third kappa shape index (κ3) is 3.49. The summed E-state index contributed by atoms with van der Waals surface area (Å²) in [6.45, 7) is 1.87. The first-order valence-electron chi connectivity index (χ1n) is 5.16. The molecule has 2 rings (SSSR count). The van der Waals surface area contributed by atoms with Crippen molar-refractivity contribution in [2.24, 2.45) is 0 Å². The molecule has 0 aliphatic rings. The molecule has 2 heterocycles. The number of aryl methyl sites for hydroxylation is 1. The van der Waals surface area contributed by atoms with Gasteiger partial charge in [0.1, 0.15) is 5.82 Å². The normalized spacial score (nSPS) is 10.7. The Hall–Kier alpha value is -1.13. The van der Waals surface area contributed by atoms with Crippen LogP contribution in [-0.4, -0.2) is 16.5 Å². The maximum absolute atomic E-state index is 4.15. The van der Waals surface area contributed by atoms with Gasteiger partial charge in [-0.1, -0.05) is 6.07 Å². The lowest BCUT2D eigenvalue weighted by Gasteiger charge is -2.01. The highest BCUT2D eigenvalue weighted by molar-refractivity contribution is 7.09. The van der Waals surface area contributed by atoms with Gasteiger partial charge >= 0.3 is 0 Å². The van der Waals surface area contributed by atoms with Gasteiger partial charge in [-0.05, 0) is 30.8 Å². The Morgan fingerprint density at radius 2 is 2.47 bits per heavy atom. The SMILES string of the molecule is c1csc(CCCNCc2ncc[nH]2)c1. The summed E-state index contributed by atoms with van der Waals surface area (Å²) < 4.78 is 0. The van der Waals surface area contributed by atoms with E-state index in [1.165, 1.54) is 17.7 Å². The van der Waals surface area contributed by atoms with Crippen molar-refractivity contribution >= 4 is 11.3 Å². The van der Waals surface area contributed by atoms with Crippen LogP contribution in [0.15, 0.2) is 29.9 Å². The average Bonchev–Trinajstić information content (AvgIpc) is 2.88. The zero-order chi connectivity index (χ0) is 10.3. The van der Waals surface area contributed by atoms with Crippen LogP contribution in [0, 0.1) is 0 Å². The number of rotatable bonds is 6. The van der Waals surface area contributed by atoms with E-state index in [1.54, 1.807) is 6.20 Å². The smallest absolute Gasteiger partial charge is 0.120 e. The first-order chi connectivity index (χ1) is 7.45. The minimum atomic E-state index is 0.831. The van der Waals surface area contributed by atoms with E-state index in [0.717, 1.165) is 18.9 Å². The van der Waals surface area contributed by atoms with Gasteiger partial charge in [0.15, 0.2) is 0 Å². The third-order valence-electron chi connectivity index (χ3n) is 2.20.